The lowest BCUT2D eigenvalue weighted by molar-refractivity contribution is -0.123. The summed E-state index contributed by atoms with van der Waals surface area (Å²) in [5.41, 5.74) is 6.07. The Balaban J connectivity index is 1.43. The maximum atomic E-state index is 11.4. The molecule has 2 saturated heterocycles. The summed E-state index contributed by atoms with van der Waals surface area (Å²) >= 11 is 0. The molecule has 2 aliphatic heterocycles. The van der Waals surface area contributed by atoms with Crippen LogP contribution in [0.25, 0.3) is 0 Å². The Morgan fingerprint density at radius 1 is 1.28 bits per heavy atom. The Morgan fingerprint density at radius 3 is 2.76 bits per heavy atom. The number of rotatable bonds is 6. The summed E-state index contributed by atoms with van der Waals surface area (Å²) in [7, 11) is 0. The number of amides is 1. The van der Waals surface area contributed by atoms with Crippen LogP contribution in [0, 0.1) is 11.3 Å². The van der Waals surface area contributed by atoms with Crippen LogP contribution in [-0.4, -0.2) is 67.5 Å². The molecule has 3 rings (SSSR count). The number of carbonyl (C=O) groups excluding carboxylic acids is 1. The highest BCUT2D eigenvalue weighted by molar-refractivity contribution is 5.80. The third-order valence-corrected chi connectivity index (χ3v) is 6.29. The number of primary amides is 1. The second kappa shape index (κ2) is 8.39. The van der Waals surface area contributed by atoms with Gasteiger partial charge in [-0.25, -0.2) is 0 Å². The third kappa shape index (κ3) is 4.66. The van der Waals surface area contributed by atoms with Crippen molar-refractivity contribution in [3.05, 3.63) is 0 Å². The second-order valence-corrected chi connectivity index (χ2v) is 8.16. The van der Waals surface area contributed by atoms with Crippen LogP contribution in [0.3, 0.4) is 0 Å². The monoisotopic (exact) mass is 349 g/mol. The normalized spacial score (nSPS) is 26.7. The molecule has 1 saturated carbocycles. The topological polar surface area (TPSA) is 74.0 Å². The van der Waals surface area contributed by atoms with E-state index in [9.17, 15) is 4.79 Å². The number of likely N-dealkylation sites (tertiary alicyclic amines) is 2. The van der Waals surface area contributed by atoms with Crippen LogP contribution in [-0.2, 0) is 4.79 Å². The highest BCUT2D eigenvalue weighted by Gasteiger charge is 2.43. The summed E-state index contributed by atoms with van der Waals surface area (Å²) in [5, 5.41) is 3.47. The van der Waals surface area contributed by atoms with Gasteiger partial charge >= 0.3 is 0 Å². The molecule has 0 aromatic carbocycles. The molecule has 1 aliphatic carbocycles. The van der Waals surface area contributed by atoms with E-state index < -0.39 is 0 Å². The van der Waals surface area contributed by atoms with Gasteiger partial charge in [0.1, 0.15) is 0 Å². The van der Waals surface area contributed by atoms with E-state index in [0.29, 0.717) is 5.41 Å². The van der Waals surface area contributed by atoms with Crippen LogP contribution in [0.2, 0.25) is 0 Å². The molecule has 3 N–H and O–H groups in total. The van der Waals surface area contributed by atoms with Gasteiger partial charge in [-0.3, -0.25) is 9.79 Å². The van der Waals surface area contributed by atoms with Crippen LogP contribution in [0.1, 0.15) is 51.9 Å². The molecule has 0 radical (unpaired) electrons. The van der Waals surface area contributed by atoms with Crippen LogP contribution in [0.5, 0.6) is 0 Å². The molecule has 6 heteroatoms. The Kier molecular flexibility index (Phi) is 6.20. The van der Waals surface area contributed by atoms with Gasteiger partial charge in [0.15, 0.2) is 5.96 Å². The van der Waals surface area contributed by atoms with Gasteiger partial charge < -0.3 is 20.9 Å². The summed E-state index contributed by atoms with van der Waals surface area (Å²) in [5.74, 6) is 0.994. The van der Waals surface area contributed by atoms with E-state index in [0.717, 1.165) is 64.5 Å². The van der Waals surface area contributed by atoms with Crippen LogP contribution in [0.15, 0.2) is 4.99 Å². The Morgan fingerprint density at radius 2 is 2.12 bits per heavy atom. The van der Waals surface area contributed by atoms with E-state index in [1.54, 1.807) is 0 Å². The van der Waals surface area contributed by atoms with E-state index in [4.69, 9.17) is 10.7 Å². The molecule has 142 valence electrons. The zero-order valence-corrected chi connectivity index (χ0v) is 15.8. The number of nitrogens with one attached hydrogen (secondary N) is 1. The van der Waals surface area contributed by atoms with E-state index >= 15 is 0 Å². The molecule has 6 nitrogen and oxygen atoms in total. The number of nitrogens with two attached hydrogens (primary N) is 1. The fraction of sp³-hybridized carbons (Fsp3) is 0.895. The lowest BCUT2D eigenvalue weighted by Gasteiger charge is -2.38. The predicted octanol–water partition coefficient (Wildman–Crippen LogP) is 1.42. The summed E-state index contributed by atoms with van der Waals surface area (Å²) in [6.07, 6.45) is 8.61. The highest BCUT2D eigenvalue weighted by Crippen LogP contribution is 2.47. The van der Waals surface area contributed by atoms with Gasteiger partial charge in [-0.1, -0.05) is 6.42 Å². The molecule has 0 aromatic heterocycles. The third-order valence-electron chi connectivity index (χ3n) is 6.29. The molecule has 3 fully saturated rings. The Bertz CT molecular complexity index is 488. The van der Waals surface area contributed by atoms with Crippen molar-refractivity contribution in [2.75, 3.05) is 45.8 Å². The SMILES string of the molecule is CCNC(=NCCCN1CCCC(C(N)=O)C1)N1CCC2(CCC2)C1. The van der Waals surface area contributed by atoms with Gasteiger partial charge in [0.25, 0.3) is 0 Å². The first-order valence-corrected chi connectivity index (χ1v) is 10.2. The molecule has 3 aliphatic rings. The Labute approximate surface area is 152 Å². The number of carbonyl (C=O) groups is 1. The zero-order valence-electron chi connectivity index (χ0n) is 15.8. The average molecular weight is 350 g/mol. The molecule has 1 unspecified atom stereocenters. The molecular formula is C19H35N5O. The van der Waals surface area contributed by atoms with E-state index in [1.807, 2.05) is 0 Å². The zero-order chi connectivity index (χ0) is 17.7. The molecule has 2 heterocycles. The van der Waals surface area contributed by atoms with Gasteiger partial charge in [0, 0.05) is 32.7 Å². The lowest BCUT2D eigenvalue weighted by Crippen LogP contribution is -2.43. The summed E-state index contributed by atoms with van der Waals surface area (Å²) in [6.45, 7) is 9.18. The molecule has 0 bridgehead atoms. The number of hydrogen-bond donors (Lipinski definition) is 2. The first-order valence-electron chi connectivity index (χ1n) is 10.2. The van der Waals surface area contributed by atoms with E-state index in [-0.39, 0.29) is 11.8 Å². The quantitative estimate of drug-likeness (QED) is 0.432. The molecule has 1 spiro atoms. The minimum absolute atomic E-state index is 0.0397. The number of aliphatic imine (C=N–C) groups is 1. The molecular weight excluding hydrogens is 314 g/mol. The Hall–Kier alpha value is -1.30. The van der Waals surface area contributed by atoms with Crippen molar-refractivity contribution >= 4 is 11.9 Å². The first-order chi connectivity index (χ1) is 12.1. The minimum Gasteiger partial charge on any atom is -0.369 e. The first kappa shape index (κ1) is 18.5. The fourth-order valence-corrected chi connectivity index (χ4v) is 4.60. The predicted molar refractivity (Wildman–Crippen MR) is 101 cm³/mol. The lowest BCUT2D eigenvalue weighted by atomic mass is 9.68. The molecule has 25 heavy (non-hydrogen) atoms. The number of hydrogen-bond acceptors (Lipinski definition) is 3. The van der Waals surface area contributed by atoms with Crippen molar-refractivity contribution in [3.8, 4) is 0 Å². The number of guanidine groups is 1. The van der Waals surface area contributed by atoms with Crippen LogP contribution in [0.4, 0.5) is 0 Å². The van der Waals surface area contributed by atoms with Gasteiger partial charge in [-0.2, -0.15) is 0 Å². The number of piperidine rings is 1. The maximum Gasteiger partial charge on any atom is 0.221 e. The van der Waals surface area contributed by atoms with Crippen LogP contribution >= 0.6 is 0 Å². The summed E-state index contributed by atoms with van der Waals surface area (Å²) in [4.78, 5) is 21.1. The highest BCUT2D eigenvalue weighted by atomic mass is 16.1. The van der Waals surface area contributed by atoms with Crippen molar-refractivity contribution in [2.45, 2.75) is 51.9 Å². The van der Waals surface area contributed by atoms with Crippen molar-refractivity contribution in [2.24, 2.45) is 22.1 Å². The van der Waals surface area contributed by atoms with E-state index in [1.165, 1.54) is 32.2 Å². The van der Waals surface area contributed by atoms with Gasteiger partial charge in [-0.05, 0) is 64.0 Å². The van der Waals surface area contributed by atoms with Gasteiger partial charge in [0.05, 0.1) is 5.92 Å². The van der Waals surface area contributed by atoms with Crippen molar-refractivity contribution < 1.29 is 4.79 Å². The molecule has 1 amide bonds. The van der Waals surface area contributed by atoms with Crippen molar-refractivity contribution in [1.82, 2.24) is 15.1 Å². The second-order valence-electron chi connectivity index (χ2n) is 8.16. The van der Waals surface area contributed by atoms with Gasteiger partial charge in [-0.15, -0.1) is 0 Å². The summed E-state index contributed by atoms with van der Waals surface area (Å²) in [6, 6.07) is 0. The van der Waals surface area contributed by atoms with Crippen molar-refractivity contribution in [3.63, 3.8) is 0 Å². The minimum atomic E-state index is -0.142. The van der Waals surface area contributed by atoms with Gasteiger partial charge in [0.2, 0.25) is 5.91 Å². The molecule has 1 atom stereocenters. The standard InChI is InChI=1S/C19H35N5O/c1-2-21-18(24-13-9-19(15-24)7-4-8-19)22-10-5-12-23-11-3-6-16(14-23)17(20)25/h16H,2-15H2,1H3,(H2,20,25)(H,21,22). The maximum absolute atomic E-state index is 11.4. The largest absolute Gasteiger partial charge is 0.369 e. The smallest absolute Gasteiger partial charge is 0.221 e. The molecule has 0 aromatic rings. The fourth-order valence-electron chi connectivity index (χ4n) is 4.60. The van der Waals surface area contributed by atoms with E-state index in [2.05, 4.69) is 22.0 Å². The summed E-state index contributed by atoms with van der Waals surface area (Å²) < 4.78 is 0. The average Bonchev–Trinajstić information content (AvgIpc) is 3.04. The van der Waals surface area contributed by atoms with Crippen LogP contribution < -0.4 is 11.1 Å². The van der Waals surface area contributed by atoms with Crippen molar-refractivity contribution in [1.29, 1.82) is 0 Å². The number of nitrogens with zero attached hydrogens (tertiary/aromatic N) is 3.